The lowest BCUT2D eigenvalue weighted by atomic mass is 10.1. The van der Waals surface area contributed by atoms with Gasteiger partial charge < -0.3 is 20.9 Å². The van der Waals surface area contributed by atoms with Gasteiger partial charge in [-0.2, -0.15) is 0 Å². The molecule has 0 spiro atoms. The van der Waals surface area contributed by atoms with Gasteiger partial charge in [0.05, 0.1) is 11.3 Å². The van der Waals surface area contributed by atoms with Crippen LogP contribution in [0.1, 0.15) is 20.7 Å². The number of aromatic hydroxyl groups is 1. The van der Waals surface area contributed by atoms with Gasteiger partial charge in [-0.3, -0.25) is 9.59 Å². The number of ether oxygens (including phenoxy) is 1. The Morgan fingerprint density at radius 2 is 1.65 bits per heavy atom. The Kier molecular flexibility index (Phi) is 4.85. The van der Waals surface area contributed by atoms with E-state index in [1.807, 2.05) is 0 Å². The number of carbonyl (C=O) groups excluding carboxylic acids is 2. The van der Waals surface area contributed by atoms with Gasteiger partial charge in [-0.05, 0) is 42.5 Å². The van der Waals surface area contributed by atoms with Crippen LogP contribution >= 0.6 is 0 Å². The zero-order valence-electron chi connectivity index (χ0n) is 13.7. The highest BCUT2D eigenvalue weighted by atomic mass is 16.5. The molecule has 6 heteroatoms. The van der Waals surface area contributed by atoms with Crippen LogP contribution in [0.2, 0.25) is 0 Å². The Hall–Kier alpha value is -3.80. The normalized spacial score (nSPS) is 10.2. The average Bonchev–Trinajstić information content (AvgIpc) is 2.64. The SMILES string of the molecule is NC(=O)c1ccccc1Oc1cccc(C(=O)Nc2ccccc2O)c1. The van der Waals surface area contributed by atoms with Gasteiger partial charge in [-0.15, -0.1) is 0 Å². The molecule has 0 bridgehead atoms. The van der Waals surface area contributed by atoms with Crippen molar-refractivity contribution in [3.05, 3.63) is 83.9 Å². The smallest absolute Gasteiger partial charge is 0.255 e. The summed E-state index contributed by atoms with van der Waals surface area (Å²) in [6, 6.07) is 19.5. The fraction of sp³-hybridized carbons (Fsp3) is 0. The molecule has 26 heavy (non-hydrogen) atoms. The van der Waals surface area contributed by atoms with Crippen molar-refractivity contribution in [1.29, 1.82) is 0 Å². The summed E-state index contributed by atoms with van der Waals surface area (Å²) >= 11 is 0. The highest BCUT2D eigenvalue weighted by molar-refractivity contribution is 6.05. The van der Waals surface area contributed by atoms with Crippen molar-refractivity contribution in [2.45, 2.75) is 0 Å². The number of phenols is 1. The first-order chi connectivity index (χ1) is 12.5. The highest BCUT2D eigenvalue weighted by Gasteiger charge is 2.12. The molecule has 0 saturated heterocycles. The van der Waals surface area contributed by atoms with Crippen LogP contribution in [0.3, 0.4) is 0 Å². The fourth-order valence-electron chi connectivity index (χ4n) is 2.36. The van der Waals surface area contributed by atoms with E-state index in [9.17, 15) is 14.7 Å². The van der Waals surface area contributed by atoms with Crippen LogP contribution in [0, 0.1) is 0 Å². The van der Waals surface area contributed by atoms with Gasteiger partial charge in [0.25, 0.3) is 11.8 Å². The topological polar surface area (TPSA) is 102 Å². The molecule has 130 valence electrons. The van der Waals surface area contributed by atoms with Crippen molar-refractivity contribution in [2.24, 2.45) is 5.73 Å². The Morgan fingerprint density at radius 3 is 2.42 bits per heavy atom. The molecule has 0 unspecified atom stereocenters. The van der Waals surface area contributed by atoms with Crippen LogP contribution in [0.15, 0.2) is 72.8 Å². The Balaban J connectivity index is 1.82. The molecular weight excluding hydrogens is 332 g/mol. The van der Waals surface area contributed by atoms with Gasteiger partial charge >= 0.3 is 0 Å². The predicted octanol–water partition coefficient (Wildman–Crippen LogP) is 3.54. The maximum atomic E-state index is 12.4. The number of amides is 2. The molecule has 0 atom stereocenters. The summed E-state index contributed by atoms with van der Waals surface area (Å²) in [7, 11) is 0. The van der Waals surface area contributed by atoms with E-state index in [0.717, 1.165) is 0 Å². The molecule has 2 amide bonds. The predicted molar refractivity (Wildman–Crippen MR) is 97.5 cm³/mol. The number of phenolic OH excluding ortho intramolecular Hbond substituents is 1. The minimum absolute atomic E-state index is 0.0244. The van der Waals surface area contributed by atoms with E-state index in [2.05, 4.69) is 5.32 Å². The number of hydrogen-bond donors (Lipinski definition) is 3. The summed E-state index contributed by atoms with van der Waals surface area (Å²) in [4.78, 5) is 23.9. The van der Waals surface area contributed by atoms with Crippen molar-refractivity contribution in [3.8, 4) is 17.2 Å². The molecule has 6 nitrogen and oxygen atoms in total. The second-order valence-electron chi connectivity index (χ2n) is 5.46. The Bertz CT molecular complexity index is 969. The van der Waals surface area contributed by atoms with E-state index in [0.29, 0.717) is 22.7 Å². The third kappa shape index (κ3) is 3.81. The number of rotatable bonds is 5. The molecule has 0 aliphatic carbocycles. The molecule has 3 aromatic rings. The van der Waals surface area contributed by atoms with Crippen molar-refractivity contribution in [2.75, 3.05) is 5.32 Å². The molecule has 3 aromatic carbocycles. The molecule has 0 aliphatic rings. The Labute approximate surface area is 149 Å². The van der Waals surface area contributed by atoms with Gasteiger partial charge in [0.2, 0.25) is 0 Å². The van der Waals surface area contributed by atoms with Crippen LogP contribution in [0.4, 0.5) is 5.69 Å². The molecule has 3 rings (SSSR count). The largest absolute Gasteiger partial charge is 0.506 e. The number of nitrogens with one attached hydrogen (secondary N) is 1. The monoisotopic (exact) mass is 348 g/mol. The molecule has 0 radical (unpaired) electrons. The van der Waals surface area contributed by atoms with Gasteiger partial charge in [-0.1, -0.05) is 30.3 Å². The summed E-state index contributed by atoms with van der Waals surface area (Å²) < 4.78 is 5.71. The highest BCUT2D eigenvalue weighted by Crippen LogP contribution is 2.27. The fourth-order valence-corrected chi connectivity index (χ4v) is 2.36. The lowest BCUT2D eigenvalue weighted by molar-refractivity contribution is 0.0995. The van der Waals surface area contributed by atoms with Crippen LogP contribution in [0.25, 0.3) is 0 Å². The first-order valence-electron chi connectivity index (χ1n) is 7.80. The lowest BCUT2D eigenvalue weighted by Gasteiger charge is -2.11. The van der Waals surface area contributed by atoms with Crippen LogP contribution in [-0.2, 0) is 0 Å². The number of benzene rings is 3. The molecule has 0 aliphatic heterocycles. The maximum absolute atomic E-state index is 12.4. The van der Waals surface area contributed by atoms with E-state index in [1.165, 1.54) is 12.1 Å². The summed E-state index contributed by atoms with van der Waals surface area (Å²) in [5.74, 6) is -0.347. The van der Waals surface area contributed by atoms with Crippen molar-refractivity contribution < 1.29 is 19.4 Å². The minimum atomic E-state index is -0.603. The third-order valence-electron chi connectivity index (χ3n) is 3.63. The van der Waals surface area contributed by atoms with Gasteiger partial charge in [0.15, 0.2) is 0 Å². The molecule has 0 aromatic heterocycles. The summed E-state index contributed by atoms with van der Waals surface area (Å²) in [5, 5.41) is 12.4. The van der Waals surface area contributed by atoms with Gasteiger partial charge in [-0.25, -0.2) is 0 Å². The van der Waals surface area contributed by atoms with Gasteiger partial charge in [0, 0.05) is 5.56 Å². The van der Waals surface area contributed by atoms with Crippen molar-refractivity contribution in [3.63, 3.8) is 0 Å². The lowest BCUT2D eigenvalue weighted by Crippen LogP contribution is -2.13. The first kappa shape index (κ1) is 17.0. The quantitative estimate of drug-likeness (QED) is 0.614. The molecular formula is C20H16N2O4. The van der Waals surface area contributed by atoms with Gasteiger partial charge in [0.1, 0.15) is 17.2 Å². The summed E-state index contributed by atoms with van der Waals surface area (Å²) in [6.45, 7) is 0. The second-order valence-corrected chi connectivity index (χ2v) is 5.46. The van der Waals surface area contributed by atoms with Crippen molar-refractivity contribution >= 4 is 17.5 Å². The Morgan fingerprint density at radius 1 is 0.923 bits per heavy atom. The number of para-hydroxylation sites is 3. The molecule has 4 N–H and O–H groups in total. The maximum Gasteiger partial charge on any atom is 0.255 e. The van der Waals surface area contributed by atoms with Crippen LogP contribution in [0.5, 0.6) is 17.2 Å². The van der Waals surface area contributed by atoms with E-state index in [4.69, 9.17) is 10.5 Å². The minimum Gasteiger partial charge on any atom is -0.506 e. The zero-order valence-corrected chi connectivity index (χ0v) is 13.7. The van der Waals surface area contributed by atoms with Crippen LogP contribution in [-0.4, -0.2) is 16.9 Å². The third-order valence-corrected chi connectivity index (χ3v) is 3.63. The van der Waals surface area contributed by atoms with Crippen molar-refractivity contribution in [1.82, 2.24) is 0 Å². The summed E-state index contributed by atoms with van der Waals surface area (Å²) in [5.41, 5.74) is 6.23. The zero-order chi connectivity index (χ0) is 18.5. The van der Waals surface area contributed by atoms with E-state index >= 15 is 0 Å². The molecule has 0 heterocycles. The second kappa shape index (κ2) is 7.40. The number of anilines is 1. The standard InChI is InChI=1S/C20H16N2O4/c21-19(24)15-8-1-4-11-18(15)26-14-7-5-6-13(12-14)20(25)22-16-9-2-3-10-17(16)23/h1-12,23H,(H2,21,24)(H,22,25). The summed E-state index contributed by atoms with van der Waals surface area (Å²) in [6.07, 6.45) is 0. The molecule has 0 fully saturated rings. The first-order valence-corrected chi connectivity index (χ1v) is 7.80. The number of carbonyl (C=O) groups is 2. The number of nitrogens with two attached hydrogens (primary N) is 1. The van der Waals surface area contributed by atoms with E-state index in [-0.39, 0.29) is 11.3 Å². The van der Waals surface area contributed by atoms with Crippen LogP contribution < -0.4 is 15.8 Å². The molecule has 0 saturated carbocycles. The number of hydrogen-bond acceptors (Lipinski definition) is 4. The van der Waals surface area contributed by atoms with E-state index in [1.54, 1.807) is 60.7 Å². The average molecular weight is 348 g/mol. The van der Waals surface area contributed by atoms with E-state index < -0.39 is 11.8 Å². The number of primary amides is 1.